The molecule has 2 fully saturated rings. The zero-order valence-electron chi connectivity index (χ0n) is 11.2. The lowest BCUT2D eigenvalue weighted by Gasteiger charge is -2.38. The summed E-state index contributed by atoms with van der Waals surface area (Å²) in [5.74, 6) is 0. The van der Waals surface area contributed by atoms with Gasteiger partial charge in [0.25, 0.3) is 0 Å². The number of aromatic nitrogens is 1. The Morgan fingerprint density at radius 2 is 2.42 bits per heavy atom. The number of pyridine rings is 1. The van der Waals surface area contributed by atoms with Gasteiger partial charge in [-0.15, -0.1) is 0 Å². The van der Waals surface area contributed by atoms with Crippen LogP contribution in [0.2, 0.25) is 0 Å². The molecule has 1 aromatic rings. The molecule has 1 atom stereocenters. The van der Waals surface area contributed by atoms with Gasteiger partial charge in [0, 0.05) is 45.1 Å². The molecular weight excluding hydrogens is 242 g/mol. The summed E-state index contributed by atoms with van der Waals surface area (Å²) in [7, 11) is 0. The number of morpholine rings is 1. The largest absolute Gasteiger partial charge is 0.377 e. The molecular formula is C14H21N3O2. The van der Waals surface area contributed by atoms with Crippen LogP contribution >= 0.6 is 0 Å². The first-order valence-corrected chi connectivity index (χ1v) is 6.90. The van der Waals surface area contributed by atoms with Crippen molar-refractivity contribution in [1.82, 2.24) is 15.2 Å². The maximum absolute atomic E-state index is 6.01. The molecule has 0 saturated carbocycles. The normalized spacial score (nSPS) is 29.3. The summed E-state index contributed by atoms with van der Waals surface area (Å²) in [5, 5.41) is 3.41. The van der Waals surface area contributed by atoms with Crippen LogP contribution < -0.4 is 5.32 Å². The van der Waals surface area contributed by atoms with Gasteiger partial charge < -0.3 is 14.8 Å². The summed E-state index contributed by atoms with van der Waals surface area (Å²) in [4.78, 5) is 6.58. The molecule has 19 heavy (non-hydrogen) atoms. The van der Waals surface area contributed by atoms with Gasteiger partial charge in [0.1, 0.15) is 5.60 Å². The Labute approximate surface area is 113 Å². The average Bonchev–Trinajstić information content (AvgIpc) is 2.63. The second kappa shape index (κ2) is 5.96. The van der Waals surface area contributed by atoms with Gasteiger partial charge in [-0.05, 0) is 11.6 Å². The third kappa shape index (κ3) is 3.30. The standard InChI is InChI=1S/C14H21N3O2/c1-2-13(8-15-3-1)9-17-5-7-18-12-14(11-17)10-16-4-6-19-14/h1-3,8,16H,4-7,9-12H2. The Bertz CT molecular complexity index is 393. The van der Waals surface area contributed by atoms with E-state index in [-0.39, 0.29) is 5.60 Å². The number of nitrogens with one attached hydrogen (secondary N) is 1. The van der Waals surface area contributed by atoms with Gasteiger partial charge in [-0.3, -0.25) is 9.88 Å². The van der Waals surface area contributed by atoms with Crippen LogP contribution in [0.15, 0.2) is 24.5 Å². The fraction of sp³-hybridized carbons (Fsp3) is 0.643. The second-order valence-electron chi connectivity index (χ2n) is 5.33. The summed E-state index contributed by atoms with van der Waals surface area (Å²) < 4.78 is 11.7. The van der Waals surface area contributed by atoms with Gasteiger partial charge in [0.2, 0.25) is 0 Å². The van der Waals surface area contributed by atoms with Gasteiger partial charge in [-0.25, -0.2) is 0 Å². The third-order valence-corrected chi connectivity index (χ3v) is 3.69. The molecule has 0 radical (unpaired) electrons. The first-order valence-electron chi connectivity index (χ1n) is 6.90. The first kappa shape index (κ1) is 13.0. The molecule has 2 aliphatic rings. The summed E-state index contributed by atoms with van der Waals surface area (Å²) >= 11 is 0. The molecule has 3 rings (SSSR count). The Kier molecular flexibility index (Phi) is 4.08. The van der Waals surface area contributed by atoms with Crippen LogP contribution in [0.4, 0.5) is 0 Å². The lowest BCUT2D eigenvalue weighted by molar-refractivity contribution is -0.108. The highest BCUT2D eigenvalue weighted by molar-refractivity contribution is 5.08. The number of ether oxygens (including phenoxy) is 2. The van der Waals surface area contributed by atoms with Gasteiger partial charge >= 0.3 is 0 Å². The van der Waals surface area contributed by atoms with Crippen LogP contribution in [-0.4, -0.2) is 61.5 Å². The van der Waals surface area contributed by atoms with E-state index in [1.165, 1.54) is 5.56 Å². The van der Waals surface area contributed by atoms with Gasteiger partial charge in [-0.1, -0.05) is 6.07 Å². The van der Waals surface area contributed by atoms with Gasteiger partial charge in [-0.2, -0.15) is 0 Å². The number of hydrogen-bond acceptors (Lipinski definition) is 5. The van der Waals surface area contributed by atoms with Crippen molar-refractivity contribution in [3.63, 3.8) is 0 Å². The molecule has 2 aliphatic heterocycles. The molecule has 1 N–H and O–H groups in total. The summed E-state index contributed by atoms with van der Waals surface area (Å²) in [6, 6.07) is 4.10. The van der Waals surface area contributed by atoms with E-state index in [2.05, 4.69) is 21.3 Å². The highest BCUT2D eigenvalue weighted by Crippen LogP contribution is 2.20. The molecule has 0 aliphatic carbocycles. The van der Waals surface area contributed by atoms with Crippen molar-refractivity contribution in [2.45, 2.75) is 12.1 Å². The minimum absolute atomic E-state index is 0.184. The van der Waals surface area contributed by atoms with Crippen LogP contribution in [0.3, 0.4) is 0 Å². The molecule has 0 amide bonds. The predicted molar refractivity (Wildman–Crippen MR) is 71.9 cm³/mol. The maximum atomic E-state index is 6.01. The zero-order valence-corrected chi connectivity index (χ0v) is 11.2. The Balaban J connectivity index is 1.67. The Morgan fingerprint density at radius 1 is 1.42 bits per heavy atom. The molecule has 1 unspecified atom stereocenters. The van der Waals surface area contributed by atoms with E-state index < -0.39 is 0 Å². The van der Waals surface area contributed by atoms with Crippen molar-refractivity contribution >= 4 is 0 Å². The highest BCUT2D eigenvalue weighted by atomic mass is 16.5. The Morgan fingerprint density at radius 3 is 3.21 bits per heavy atom. The summed E-state index contributed by atoms with van der Waals surface area (Å²) in [6.45, 7) is 6.79. The topological polar surface area (TPSA) is 46.6 Å². The number of nitrogens with zero attached hydrogens (tertiary/aromatic N) is 2. The fourth-order valence-corrected chi connectivity index (χ4v) is 2.77. The van der Waals surface area contributed by atoms with E-state index in [1.807, 2.05) is 18.5 Å². The summed E-state index contributed by atoms with van der Waals surface area (Å²) in [5.41, 5.74) is 1.06. The van der Waals surface area contributed by atoms with E-state index >= 15 is 0 Å². The van der Waals surface area contributed by atoms with Crippen molar-refractivity contribution in [3.05, 3.63) is 30.1 Å². The van der Waals surface area contributed by atoms with E-state index in [1.54, 1.807) is 0 Å². The Hall–Kier alpha value is -1.01. The van der Waals surface area contributed by atoms with Crippen LogP contribution in [0.25, 0.3) is 0 Å². The molecule has 2 saturated heterocycles. The lowest BCUT2D eigenvalue weighted by Crippen LogP contribution is -2.57. The van der Waals surface area contributed by atoms with Crippen molar-refractivity contribution in [3.8, 4) is 0 Å². The smallest absolute Gasteiger partial charge is 0.116 e. The number of hydrogen-bond donors (Lipinski definition) is 1. The van der Waals surface area contributed by atoms with E-state index in [9.17, 15) is 0 Å². The fourth-order valence-electron chi connectivity index (χ4n) is 2.77. The zero-order chi connectivity index (χ0) is 13.0. The minimum Gasteiger partial charge on any atom is -0.377 e. The highest BCUT2D eigenvalue weighted by Gasteiger charge is 2.37. The van der Waals surface area contributed by atoms with E-state index in [0.29, 0.717) is 6.61 Å². The van der Waals surface area contributed by atoms with E-state index in [4.69, 9.17) is 9.47 Å². The lowest BCUT2D eigenvalue weighted by atomic mass is 10.0. The van der Waals surface area contributed by atoms with Crippen LogP contribution in [0, 0.1) is 0 Å². The molecule has 1 aromatic heterocycles. The molecule has 5 nitrogen and oxygen atoms in total. The quantitative estimate of drug-likeness (QED) is 0.830. The van der Waals surface area contributed by atoms with Crippen molar-refractivity contribution < 1.29 is 9.47 Å². The van der Waals surface area contributed by atoms with Crippen LogP contribution in [0.1, 0.15) is 5.56 Å². The maximum Gasteiger partial charge on any atom is 0.116 e. The van der Waals surface area contributed by atoms with E-state index in [0.717, 1.165) is 45.9 Å². The molecule has 0 aromatic carbocycles. The first-order chi connectivity index (χ1) is 9.36. The monoisotopic (exact) mass is 263 g/mol. The minimum atomic E-state index is -0.184. The molecule has 0 bridgehead atoms. The SMILES string of the molecule is c1cncc(CN2CCOCC3(CNCCO3)C2)c1. The van der Waals surface area contributed by atoms with Crippen LogP contribution in [-0.2, 0) is 16.0 Å². The molecule has 104 valence electrons. The van der Waals surface area contributed by atoms with Crippen molar-refractivity contribution in [1.29, 1.82) is 0 Å². The average molecular weight is 263 g/mol. The van der Waals surface area contributed by atoms with Gasteiger partial charge in [0.05, 0.1) is 19.8 Å². The molecule has 5 heteroatoms. The van der Waals surface area contributed by atoms with Crippen molar-refractivity contribution in [2.24, 2.45) is 0 Å². The third-order valence-electron chi connectivity index (χ3n) is 3.69. The second-order valence-corrected chi connectivity index (χ2v) is 5.33. The molecule has 1 spiro atoms. The molecule has 3 heterocycles. The summed E-state index contributed by atoms with van der Waals surface area (Å²) in [6.07, 6.45) is 3.74. The predicted octanol–water partition coefficient (Wildman–Crippen LogP) is 0.272. The number of rotatable bonds is 2. The van der Waals surface area contributed by atoms with Gasteiger partial charge in [0.15, 0.2) is 0 Å². The van der Waals surface area contributed by atoms with Crippen LogP contribution in [0.5, 0.6) is 0 Å². The van der Waals surface area contributed by atoms with Crippen molar-refractivity contribution in [2.75, 3.05) is 46.0 Å².